The van der Waals surface area contributed by atoms with Gasteiger partial charge < -0.3 is 9.84 Å². The Labute approximate surface area is 144 Å². The first-order valence-corrected chi connectivity index (χ1v) is 9.25. The number of anilines is 1. The van der Waals surface area contributed by atoms with Crippen molar-refractivity contribution in [1.29, 1.82) is 0 Å². The van der Waals surface area contributed by atoms with Crippen molar-refractivity contribution >= 4 is 21.7 Å². The Kier molecular flexibility index (Phi) is 4.61. The summed E-state index contributed by atoms with van der Waals surface area (Å²) in [6.07, 6.45) is 0.970. The maximum absolute atomic E-state index is 13.4. The number of aromatic nitrogens is 1. The van der Waals surface area contributed by atoms with Crippen molar-refractivity contribution in [3.05, 3.63) is 41.4 Å². The van der Waals surface area contributed by atoms with Crippen LogP contribution < -0.4 is 5.32 Å². The van der Waals surface area contributed by atoms with Gasteiger partial charge in [0.15, 0.2) is 5.82 Å². The van der Waals surface area contributed by atoms with Gasteiger partial charge in [-0.25, -0.2) is 12.8 Å². The van der Waals surface area contributed by atoms with E-state index in [1.165, 1.54) is 19.1 Å². The summed E-state index contributed by atoms with van der Waals surface area (Å²) in [5, 5.41) is 6.25. The highest BCUT2D eigenvalue weighted by atomic mass is 32.2. The van der Waals surface area contributed by atoms with Crippen molar-refractivity contribution < 1.29 is 22.1 Å². The van der Waals surface area contributed by atoms with Gasteiger partial charge in [-0.2, -0.15) is 4.31 Å². The molecule has 1 N–H and O–H groups in total. The third-order valence-corrected chi connectivity index (χ3v) is 6.03. The average Bonchev–Trinajstić information content (AvgIpc) is 3.19. The molecule has 9 heteroatoms. The Balaban J connectivity index is 1.84. The number of carbonyl (C=O) groups excluding carboxylic acids is 1. The quantitative estimate of drug-likeness (QED) is 0.894. The molecule has 1 saturated heterocycles. The molecule has 1 fully saturated rings. The molecule has 1 aromatic carbocycles. The fraction of sp³-hybridized carbons (Fsp3) is 0.375. The monoisotopic (exact) mass is 367 g/mol. The van der Waals surface area contributed by atoms with Crippen LogP contribution >= 0.6 is 0 Å². The summed E-state index contributed by atoms with van der Waals surface area (Å²) in [6.45, 7) is 3.41. The lowest BCUT2D eigenvalue weighted by Gasteiger charge is -2.23. The molecule has 1 aliphatic heterocycles. The van der Waals surface area contributed by atoms with Gasteiger partial charge in [0.05, 0.1) is 4.90 Å². The summed E-state index contributed by atoms with van der Waals surface area (Å²) in [6, 6.07) is 4.32. The van der Waals surface area contributed by atoms with E-state index in [1.807, 2.05) is 0 Å². The van der Waals surface area contributed by atoms with Crippen molar-refractivity contribution in [2.75, 3.05) is 11.9 Å². The average molecular weight is 367 g/mol. The fourth-order valence-corrected chi connectivity index (χ4v) is 4.58. The fourth-order valence-electron chi connectivity index (χ4n) is 2.84. The molecule has 0 bridgehead atoms. The van der Waals surface area contributed by atoms with E-state index in [0.29, 0.717) is 18.6 Å². The summed E-state index contributed by atoms with van der Waals surface area (Å²) in [5.74, 6) is -0.165. The highest BCUT2D eigenvalue weighted by molar-refractivity contribution is 7.89. The number of nitrogens with one attached hydrogen (secondary N) is 1. The van der Waals surface area contributed by atoms with Crippen LogP contribution in [0.5, 0.6) is 0 Å². The predicted molar refractivity (Wildman–Crippen MR) is 87.9 cm³/mol. The van der Waals surface area contributed by atoms with E-state index in [2.05, 4.69) is 10.5 Å². The van der Waals surface area contributed by atoms with Crippen LogP contribution in [-0.4, -0.2) is 36.4 Å². The van der Waals surface area contributed by atoms with Crippen LogP contribution in [0.15, 0.2) is 33.7 Å². The van der Waals surface area contributed by atoms with E-state index in [4.69, 9.17) is 4.52 Å². The summed E-state index contributed by atoms with van der Waals surface area (Å²) in [7, 11) is -3.90. The van der Waals surface area contributed by atoms with Crippen molar-refractivity contribution in [2.45, 2.75) is 37.6 Å². The van der Waals surface area contributed by atoms with Crippen molar-refractivity contribution in [1.82, 2.24) is 9.46 Å². The molecule has 7 nitrogen and oxygen atoms in total. The summed E-state index contributed by atoms with van der Waals surface area (Å²) in [4.78, 5) is 12.4. The summed E-state index contributed by atoms with van der Waals surface area (Å²) in [5.41, 5.74) is 0.236. The van der Waals surface area contributed by atoms with Gasteiger partial charge in [-0.15, -0.1) is 0 Å². The van der Waals surface area contributed by atoms with Crippen LogP contribution in [0.25, 0.3) is 0 Å². The number of sulfonamides is 1. The molecule has 1 aliphatic rings. The zero-order valence-corrected chi connectivity index (χ0v) is 14.6. The molecule has 25 heavy (non-hydrogen) atoms. The Morgan fingerprint density at radius 3 is 2.76 bits per heavy atom. The number of carbonyl (C=O) groups is 1. The molecular weight excluding hydrogens is 349 g/mol. The number of hydrogen-bond donors (Lipinski definition) is 1. The molecule has 2 heterocycles. The smallest absolute Gasteiger partial charge is 0.244 e. The van der Waals surface area contributed by atoms with Gasteiger partial charge in [-0.1, -0.05) is 5.16 Å². The number of nitrogens with zero attached hydrogens (tertiary/aromatic N) is 2. The highest BCUT2D eigenvalue weighted by Crippen LogP contribution is 2.28. The molecule has 1 atom stereocenters. The first-order valence-electron chi connectivity index (χ1n) is 7.81. The SMILES string of the molecule is Cc1cc(NC(=O)[C@@H]2CCCN2S(=O)(=O)c2ccc(F)c(C)c2)no1. The Hall–Kier alpha value is -2.26. The second kappa shape index (κ2) is 6.57. The predicted octanol–water partition coefficient (Wildman–Crippen LogP) is 2.22. The zero-order valence-electron chi connectivity index (χ0n) is 13.8. The lowest BCUT2D eigenvalue weighted by molar-refractivity contribution is -0.119. The highest BCUT2D eigenvalue weighted by Gasteiger charge is 2.39. The number of amides is 1. The molecule has 0 unspecified atom stereocenters. The Morgan fingerprint density at radius 2 is 2.12 bits per heavy atom. The molecular formula is C16H18FN3O4S. The third-order valence-electron chi connectivity index (χ3n) is 4.12. The molecule has 2 aromatic rings. The first-order chi connectivity index (χ1) is 11.8. The molecule has 0 saturated carbocycles. The number of halogens is 1. The largest absolute Gasteiger partial charge is 0.360 e. The Morgan fingerprint density at radius 1 is 1.36 bits per heavy atom. The number of benzene rings is 1. The molecule has 0 spiro atoms. The van der Waals surface area contributed by atoms with Crippen LogP contribution in [0.1, 0.15) is 24.2 Å². The van der Waals surface area contributed by atoms with Crippen LogP contribution in [-0.2, 0) is 14.8 Å². The maximum Gasteiger partial charge on any atom is 0.244 e. The minimum absolute atomic E-state index is 0.0246. The molecule has 134 valence electrons. The van der Waals surface area contributed by atoms with Crippen LogP contribution in [0.3, 0.4) is 0 Å². The van der Waals surface area contributed by atoms with Crippen molar-refractivity contribution in [2.24, 2.45) is 0 Å². The maximum atomic E-state index is 13.4. The van der Waals surface area contributed by atoms with Crippen molar-refractivity contribution in [3.63, 3.8) is 0 Å². The second-order valence-electron chi connectivity index (χ2n) is 6.00. The summed E-state index contributed by atoms with van der Waals surface area (Å²) < 4.78 is 45.2. The van der Waals surface area contributed by atoms with E-state index in [1.54, 1.807) is 13.0 Å². The van der Waals surface area contributed by atoms with Gasteiger partial charge in [-0.05, 0) is 50.5 Å². The van der Waals surface area contributed by atoms with E-state index in [0.717, 1.165) is 10.4 Å². The number of hydrogen-bond acceptors (Lipinski definition) is 5. The van der Waals surface area contributed by atoms with Gasteiger partial charge in [0.25, 0.3) is 0 Å². The minimum Gasteiger partial charge on any atom is -0.360 e. The van der Waals surface area contributed by atoms with E-state index in [9.17, 15) is 17.6 Å². The van der Waals surface area contributed by atoms with E-state index in [-0.39, 0.29) is 22.8 Å². The molecule has 0 radical (unpaired) electrons. The topological polar surface area (TPSA) is 92.5 Å². The lowest BCUT2D eigenvalue weighted by Crippen LogP contribution is -2.43. The van der Waals surface area contributed by atoms with E-state index < -0.39 is 27.8 Å². The third kappa shape index (κ3) is 3.42. The molecule has 1 amide bonds. The number of rotatable bonds is 4. The van der Waals surface area contributed by atoms with E-state index >= 15 is 0 Å². The second-order valence-corrected chi connectivity index (χ2v) is 7.89. The van der Waals surface area contributed by atoms with Gasteiger partial charge in [0.2, 0.25) is 15.9 Å². The first kappa shape index (κ1) is 17.6. The normalized spacial score (nSPS) is 18.4. The van der Waals surface area contributed by atoms with Gasteiger partial charge >= 0.3 is 0 Å². The summed E-state index contributed by atoms with van der Waals surface area (Å²) >= 11 is 0. The van der Waals surface area contributed by atoms with Crippen LogP contribution in [0, 0.1) is 19.7 Å². The lowest BCUT2D eigenvalue weighted by atomic mass is 10.2. The van der Waals surface area contributed by atoms with Crippen LogP contribution in [0.2, 0.25) is 0 Å². The van der Waals surface area contributed by atoms with Gasteiger partial charge in [0, 0.05) is 12.6 Å². The molecule has 1 aromatic heterocycles. The standard InChI is InChI=1S/C16H18FN3O4S/c1-10-8-12(5-6-13(10)17)25(22,23)20-7-3-4-14(20)16(21)18-15-9-11(2)24-19-15/h5-6,8-9,14H,3-4,7H2,1-2H3,(H,18,19,21)/t14-/m0/s1. The van der Waals surface area contributed by atoms with Gasteiger partial charge in [0.1, 0.15) is 17.6 Å². The van der Waals surface area contributed by atoms with Crippen LogP contribution in [0.4, 0.5) is 10.2 Å². The zero-order chi connectivity index (χ0) is 18.2. The van der Waals surface area contributed by atoms with Crippen molar-refractivity contribution in [3.8, 4) is 0 Å². The minimum atomic E-state index is -3.90. The molecule has 3 rings (SSSR count). The molecule has 0 aliphatic carbocycles. The van der Waals surface area contributed by atoms with Gasteiger partial charge in [-0.3, -0.25) is 4.79 Å². The Bertz CT molecular complexity index is 910. The number of aryl methyl sites for hydroxylation is 2.